The molecule has 1 amide bonds. The molecule has 0 fully saturated rings. The molecule has 0 heterocycles. The average molecular weight is 244 g/mol. The number of hydrogen-bond donors (Lipinski definition) is 2. The average Bonchev–Trinajstić information content (AvgIpc) is 2.16. The number of amides is 1. The molecule has 0 aliphatic carbocycles. The molecule has 0 spiro atoms. The van der Waals surface area contributed by atoms with Gasteiger partial charge in [0.25, 0.3) is 0 Å². The highest BCUT2D eigenvalue weighted by Gasteiger charge is 2.42. The van der Waals surface area contributed by atoms with Crippen LogP contribution in [0.3, 0.4) is 0 Å². The van der Waals surface area contributed by atoms with Crippen LogP contribution in [0.4, 0.5) is 0 Å². The van der Waals surface area contributed by atoms with Crippen LogP contribution in [0.15, 0.2) is 0 Å². The topological polar surface area (TPSA) is 83.6 Å². The van der Waals surface area contributed by atoms with Crippen molar-refractivity contribution >= 4 is 11.9 Å². The summed E-state index contributed by atoms with van der Waals surface area (Å²) in [6, 6.07) is 0. The third-order valence-corrected chi connectivity index (χ3v) is 3.41. The van der Waals surface area contributed by atoms with Gasteiger partial charge in [0.1, 0.15) is 0 Å². The Morgan fingerprint density at radius 2 is 1.71 bits per heavy atom. The molecule has 0 saturated heterocycles. The number of nitrogens with two attached hydrogens (primary N) is 1. The quantitative estimate of drug-likeness (QED) is 0.732. The first-order valence-electron chi connectivity index (χ1n) is 5.84. The number of hydrogen-bond acceptors (Lipinski definition) is 3. The van der Waals surface area contributed by atoms with E-state index < -0.39 is 16.9 Å². The van der Waals surface area contributed by atoms with E-state index in [4.69, 9.17) is 10.8 Å². The number of nitrogens with zero attached hydrogens (tertiary/aromatic N) is 1. The van der Waals surface area contributed by atoms with Crippen molar-refractivity contribution in [3.8, 4) is 0 Å². The third kappa shape index (κ3) is 4.00. The van der Waals surface area contributed by atoms with Crippen molar-refractivity contribution in [2.75, 3.05) is 13.1 Å². The summed E-state index contributed by atoms with van der Waals surface area (Å²) in [7, 11) is 0. The van der Waals surface area contributed by atoms with Gasteiger partial charge in [-0.2, -0.15) is 0 Å². The lowest BCUT2D eigenvalue weighted by molar-refractivity contribution is -0.144. The van der Waals surface area contributed by atoms with E-state index in [1.54, 1.807) is 32.6 Å². The molecule has 0 bridgehead atoms. The van der Waals surface area contributed by atoms with Gasteiger partial charge >= 0.3 is 5.97 Å². The summed E-state index contributed by atoms with van der Waals surface area (Å²) in [5.74, 6) is -1.00. The van der Waals surface area contributed by atoms with Crippen LogP contribution in [0.1, 0.15) is 41.0 Å². The van der Waals surface area contributed by atoms with Gasteiger partial charge in [-0.1, -0.05) is 0 Å². The van der Waals surface area contributed by atoms with Crippen molar-refractivity contribution in [1.29, 1.82) is 0 Å². The number of carboxylic acids is 1. The first kappa shape index (κ1) is 15.9. The Morgan fingerprint density at radius 3 is 2.00 bits per heavy atom. The maximum Gasteiger partial charge on any atom is 0.305 e. The summed E-state index contributed by atoms with van der Waals surface area (Å²) < 4.78 is 0. The van der Waals surface area contributed by atoms with Crippen LogP contribution in [0.5, 0.6) is 0 Å². The smallest absolute Gasteiger partial charge is 0.305 e. The maximum atomic E-state index is 12.3. The molecule has 0 aromatic heterocycles. The molecule has 3 N–H and O–H groups in total. The largest absolute Gasteiger partial charge is 0.481 e. The molecule has 100 valence electrons. The summed E-state index contributed by atoms with van der Waals surface area (Å²) in [6.45, 7) is 9.73. The maximum absolute atomic E-state index is 12.3. The van der Waals surface area contributed by atoms with Crippen LogP contribution in [-0.2, 0) is 9.59 Å². The van der Waals surface area contributed by atoms with Crippen LogP contribution < -0.4 is 5.73 Å². The first-order chi connectivity index (χ1) is 7.54. The van der Waals surface area contributed by atoms with Crippen molar-refractivity contribution in [2.45, 2.75) is 46.6 Å². The molecule has 0 aliphatic rings. The Bertz CT molecular complexity index is 293. The molecule has 0 aromatic carbocycles. The molecule has 0 aliphatic heterocycles. The standard InChI is InChI=1S/C12H24N2O3/c1-6-14(8-7-9(15)16)10(17)11(2,3)12(4,5)13/h6-8,13H2,1-5H3,(H,15,16). The lowest BCUT2D eigenvalue weighted by atomic mass is 9.74. The summed E-state index contributed by atoms with van der Waals surface area (Å²) in [6.07, 6.45) is -0.0410. The third-order valence-electron chi connectivity index (χ3n) is 3.41. The molecular weight excluding hydrogens is 220 g/mol. The van der Waals surface area contributed by atoms with Crippen molar-refractivity contribution in [3.05, 3.63) is 0 Å². The number of rotatable bonds is 6. The molecule has 0 atom stereocenters. The van der Waals surface area contributed by atoms with E-state index in [1.807, 2.05) is 6.92 Å². The second kappa shape index (κ2) is 5.49. The normalized spacial score (nSPS) is 12.4. The summed E-state index contributed by atoms with van der Waals surface area (Å²) >= 11 is 0. The van der Waals surface area contributed by atoms with Gasteiger partial charge in [-0.15, -0.1) is 0 Å². The second-order valence-corrected chi connectivity index (χ2v) is 5.38. The van der Waals surface area contributed by atoms with Crippen molar-refractivity contribution in [3.63, 3.8) is 0 Å². The van der Waals surface area contributed by atoms with Crippen LogP contribution in [0, 0.1) is 5.41 Å². The van der Waals surface area contributed by atoms with E-state index in [9.17, 15) is 9.59 Å². The van der Waals surface area contributed by atoms with Gasteiger partial charge in [0.15, 0.2) is 0 Å². The van der Waals surface area contributed by atoms with E-state index in [0.29, 0.717) is 6.54 Å². The lowest BCUT2D eigenvalue weighted by Crippen LogP contribution is -2.56. The van der Waals surface area contributed by atoms with Gasteiger partial charge in [-0.25, -0.2) is 0 Å². The minimum Gasteiger partial charge on any atom is -0.481 e. The molecular formula is C12H24N2O3. The lowest BCUT2D eigenvalue weighted by Gasteiger charge is -2.40. The fraction of sp³-hybridized carbons (Fsp3) is 0.833. The molecule has 0 saturated carbocycles. The van der Waals surface area contributed by atoms with Crippen molar-refractivity contribution in [2.24, 2.45) is 11.1 Å². The fourth-order valence-corrected chi connectivity index (χ4v) is 1.30. The second-order valence-electron chi connectivity index (χ2n) is 5.38. The molecule has 0 rings (SSSR count). The van der Waals surface area contributed by atoms with Crippen molar-refractivity contribution in [1.82, 2.24) is 4.90 Å². The minimum atomic E-state index is -0.902. The number of aliphatic carboxylic acids is 1. The van der Waals surface area contributed by atoms with Crippen LogP contribution >= 0.6 is 0 Å². The molecule has 5 heteroatoms. The van der Waals surface area contributed by atoms with E-state index in [-0.39, 0.29) is 18.9 Å². The predicted octanol–water partition coefficient (Wildman–Crippen LogP) is 1.07. The molecule has 0 unspecified atom stereocenters. The van der Waals surface area contributed by atoms with E-state index in [1.165, 1.54) is 0 Å². The summed E-state index contributed by atoms with van der Waals surface area (Å²) in [5.41, 5.74) is 4.63. The van der Waals surface area contributed by atoms with Gasteiger partial charge < -0.3 is 15.7 Å². The Morgan fingerprint density at radius 1 is 1.24 bits per heavy atom. The zero-order chi connectivity index (χ0) is 13.9. The zero-order valence-corrected chi connectivity index (χ0v) is 11.4. The first-order valence-corrected chi connectivity index (χ1v) is 5.84. The van der Waals surface area contributed by atoms with Gasteiger partial charge in [-0.05, 0) is 34.6 Å². The Labute approximate surface area is 103 Å². The Hall–Kier alpha value is -1.10. The van der Waals surface area contributed by atoms with E-state index >= 15 is 0 Å². The predicted molar refractivity (Wildman–Crippen MR) is 66.6 cm³/mol. The Balaban J connectivity index is 4.81. The van der Waals surface area contributed by atoms with Crippen LogP contribution in [0.25, 0.3) is 0 Å². The molecule has 17 heavy (non-hydrogen) atoms. The highest BCUT2D eigenvalue weighted by Crippen LogP contribution is 2.30. The number of carboxylic acid groups (broad SMARTS) is 1. The van der Waals surface area contributed by atoms with Gasteiger partial charge in [0, 0.05) is 18.6 Å². The van der Waals surface area contributed by atoms with Gasteiger partial charge in [-0.3, -0.25) is 9.59 Å². The van der Waals surface area contributed by atoms with E-state index in [2.05, 4.69) is 0 Å². The highest BCUT2D eigenvalue weighted by atomic mass is 16.4. The van der Waals surface area contributed by atoms with Crippen LogP contribution in [0.2, 0.25) is 0 Å². The van der Waals surface area contributed by atoms with Gasteiger partial charge in [0.2, 0.25) is 5.91 Å². The number of carbonyl (C=O) groups excluding carboxylic acids is 1. The zero-order valence-electron chi connectivity index (χ0n) is 11.4. The minimum absolute atomic E-state index is 0.0410. The fourth-order valence-electron chi connectivity index (χ4n) is 1.30. The van der Waals surface area contributed by atoms with Gasteiger partial charge in [0.05, 0.1) is 11.8 Å². The highest BCUT2D eigenvalue weighted by molar-refractivity contribution is 5.83. The SMILES string of the molecule is CCN(CCC(=O)O)C(=O)C(C)(C)C(C)(C)N. The molecule has 5 nitrogen and oxygen atoms in total. The van der Waals surface area contributed by atoms with Crippen LogP contribution in [-0.4, -0.2) is 40.5 Å². The summed E-state index contributed by atoms with van der Waals surface area (Å²) in [4.78, 5) is 24.4. The molecule has 0 aromatic rings. The molecule has 0 radical (unpaired) electrons. The monoisotopic (exact) mass is 244 g/mol. The number of carbonyl (C=O) groups is 2. The van der Waals surface area contributed by atoms with E-state index in [0.717, 1.165) is 0 Å². The summed E-state index contributed by atoms with van der Waals surface area (Å²) in [5, 5.41) is 8.64. The van der Waals surface area contributed by atoms with Crippen molar-refractivity contribution < 1.29 is 14.7 Å². The Kier molecular flexibility index (Phi) is 5.13.